The molecule has 0 radical (unpaired) electrons. The summed E-state index contributed by atoms with van der Waals surface area (Å²) >= 11 is 0. The number of hydrogen-bond acceptors (Lipinski definition) is 3. The van der Waals surface area contributed by atoms with Crippen LogP contribution in [0.15, 0.2) is 36.9 Å². The van der Waals surface area contributed by atoms with Gasteiger partial charge in [0.2, 0.25) is 0 Å². The van der Waals surface area contributed by atoms with Crippen LogP contribution in [0.25, 0.3) is 0 Å². The highest BCUT2D eigenvalue weighted by Crippen LogP contribution is 2.07. The summed E-state index contributed by atoms with van der Waals surface area (Å²) in [4.78, 5) is 3.88. The first-order valence-corrected chi connectivity index (χ1v) is 4.97. The van der Waals surface area contributed by atoms with Gasteiger partial charge in [0.15, 0.2) is 0 Å². The summed E-state index contributed by atoms with van der Waals surface area (Å²) < 4.78 is 1.81. The molecule has 0 aliphatic rings. The molecule has 4 heteroatoms. The Bertz CT molecular complexity index is 391. The van der Waals surface area contributed by atoms with Gasteiger partial charge in [-0.2, -0.15) is 5.10 Å². The van der Waals surface area contributed by atoms with Crippen molar-refractivity contribution in [1.82, 2.24) is 14.8 Å². The van der Waals surface area contributed by atoms with Crippen LogP contribution in [-0.2, 0) is 6.54 Å². The van der Waals surface area contributed by atoms with Crippen LogP contribution in [0.4, 0.5) is 5.69 Å². The van der Waals surface area contributed by atoms with Gasteiger partial charge < -0.3 is 5.32 Å². The minimum absolute atomic E-state index is 0.827. The van der Waals surface area contributed by atoms with Gasteiger partial charge >= 0.3 is 0 Å². The van der Waals surface area contributed by atoms with E-state index in [1.807, 2.05) is 0 Å². The molecule has 2 rings (SSSR count). The lowest BCUT2D eigenvalue weighted by atomic mass is 10.2. The standard InChI is InChI=1S/C11H14N4/c1-10-2-4-11(5-3-10)13-6-7-15-9-12-8-14-15/h2-5,8-9,13H,6-7H2,1H3. The van der Waals surface area contributed by atoms with Crippen molar-refractivity contribution in [2.75, 3.05) is 11.9 Å². The molecule has 0 aliphatic carbocycles. The lowest BCUT2D eigenvalue weighted by Crippen LogP contribution is -2.10. The van der Waals surface area contributed by atoms with Crippen molar-refractivity contribution in [2.24, 2.45) is 0 Å². The van der Waals surface area contributed by atoms with Crippen LogP contribution in [-0.4, -0.2) is 21.3 Å². The highest BCUT2D eigenvalue weighted by Gasteiger charge is 1.92. The van der Waals surface area contributed by atoms with Crippen molar-refractivity contribution < 1.29 is 0 Å². The van der Waals surface area contributed by atoms with E-state index in [4.69, 9.17) is 0 Å². The Labute approximate surface area is 89.0 Å². The Hall–Kier alpha value is -1.84. The average molecular weight is 202 g/mol. The molecule has 15 heavy (non-hydrogen) atoms. The second-order valence-electron chi connectivity index (χ2n) is 3.45. The normalized spacial score (nSPS) is 10.2. The molecule has 0 bridgehead atoms. The molecule has 0 unspecified atom stereocenters. The molecule has 0 spiro atoms. The third-order valence-electron chi connectivity index (χ3n) is 2.19. The van der Waals surface area contributed by atoms with E-state index in [0.717, 1.165) is 18.8 Å². The second kappa shape index (κ2) is 4.59. The molecule has 1 heterocycles. The topological polar surface area (TPSA) is 42.7 Å². The lowest BCUT2D eigenvalue weighted by Gasteiger charge is -2.06. The average Bonchev–Trinajstić information content (AvgIpc) is 2.74. The predicted octanol–water partition coefficient (Wildman–Crippen LogP) is 1.70. The Morgan fingerprint density at radius 1 is 1.27 bits per heavy atom. The summed E-state index contributed by atoms with van der Waals surface area (Å²) in [6.07, 6.45) is 3.27. The first kappa shape index (κ1) is 9.71. The van der Waals surface area contributed by atoms with Crippen LogP contribution >= 0.6 is 0 Å². The minimum Gasteiger partial charge on any atom is -0.383 e. The van der Waals surface area contributed by atoms with Gasteiger partial charge in [-0.3, -0.25) is 4.68 Å². The quantitative estimate of drug-likeness (QED) is 0.820. The van der Waals surface area contributed by atoms with E-state index >= 15 is 0 Å². The van der Waals surface area contributed by atoms with Gasteiger partial charge in [-0.25, -0.2) is 4.98 Å². The SMILES string of the molecule is Cc1ccc(NCCn2cncn2)cc1. The van der Waals surface area contributed by atoms with Gasteiger partial charge in [0.1, 0.15) is 12.7 Å². The summed E-state index contributed by atoms with van der Waals surface area (Å²) in [5, 5.41) is 7.35. The highest BCUT2D eigenvalue weighted by molar-refractivity contribution is 5.44. The summed E-state index contributed by atoms with van der Waals surface area (Å²) in [6, 6.07) is 8.35. The monoisotopic (exact) mass is 202 g/mol. The summed E-state index contributed by atoms with van der Waals surface area (Å²) in [7, 11) is 0. The summed E-state index contributed by atoms with van der Waals surface area (Å²) in [5.74, 6) is 0. The predicted molar refractivity (Wildman–Crippen MR) is 59.7 cm³/mol. The first-order valence-electron chi connectivity index (χ1n) is 4.97. The largest absolute Gasteiger partial charge is 0.383 e. The van der Waals surface area contributed by atoms with Gasteiger partial charge in [0.25, 0.3) is 0 Å². The maximum atomic E-state index is 4.03. The number of aromatic nitrogens is 3. The Morgan fingerprint density at radius 2 is 2.07 bits per heavy atom. The van der Waals surface area contributed by atoms with E-state index in [1.54, 1.807) is 17.3 Å². The summed E-state index contributed by atoms with van der Waals surface area (Å²) in [5.41, 5.74) is 2.41. The van der Waals surface area contributed by atoms with E-state index in [-0.39, 0.29) is 0 Å². The molecule has 2 aromatic rings. The van der Waals surface area contributed by atoms with Gasteiger partial charge in [-0.1, -0.05) is 17.7 Å². The number of anilines is 1. The van der Waals surface area contributed by atoms with Crippen LogP contribution in [0.5, 0.6) is 0 Å². The van der Waals surface area contributed by atoms with E-state index in [9.17, 15) is 0 Å². The van der Waals surface area contributed by atoms with Crippen molar-refractivity contribution in [3.8, 4) is 0 Å². The molecule has 0 aliphatic heterocycles. The molecule has 4 nitrogen and oxygen atoms in total. The van der Waals surface area contributed by atoms with Crippen molar-refractivity contribution >= 4 is 5.69 Å². The first-order chi connectivity index (χ1) is 7.34. The zero-order valence-electron chi connectivity index (χ0n) is 8.72. The molecule has 0 fully saturated rings. The Morgan fingerprint density at radius 3 is 2.73 bits per heavy atom. The van der Waals surface area contributed by atoms with Gasteiger partial charge in [-0.05, 0) is 19.1 Å². The molecular formula is C11H14N4. The highest BCUT2D eigenvalue weighted by atomic mass is 15.3. The van der Waals surface area contributed by atoms with Crippen molar-refractivity contribution in [3.05, 3.63) is 42.5 Å². The van der Waals surface area contributed by atoms with Crippen LogP contribution in [0.3, 0.4) is 0 Å². The molecular weight excluding hydrogens is 188 g/mol. The van der Waals surface area contributed by atoms with Gasteiger partial charge in [-0.15, -0.1) is 0 Å². The molecule has 0 amide bonds. The molecule has 0 saturated heterocycles. The lowest BCUT2D eigenvalue weighted by molar-refractivity contribution is 0.636. The maximum Gasteiger partial charge on any atom is 0.137 e. The zero-order valence-corrected chi connectivity index (χ0v) is 8.72. The minimum atomic E-state index is 0.827. The van der Waals surface area contributed by atoms with Crippen LogP contribution in [0.1, 0.15) is 5.56 Å². The molecule has 0 saturated carbocycles. The number of nitrogens with one attached hydrogen (secondary N) is 1. The number of rotatable bonds is 4. The van der Waals surface area contributed by atoms with E-state index < -0.39 is 0 Å². The fourth-order valence-electron chi connectivity index (χ4n) is 1.33. The summed E-state index contributed by atoms with van der Waals surface area (Å²) in [6.45, 7) is 3.76. The third kappa shape index (κ3) is 2.80. The number of benzene rings is 1. The zero-order chi connectivity index (χ0) is 10.5. The van der Waals surface area contributed by atoms with Crippen molar-refractivity contribution in [1.29, 1.82) is 0 Å². The third-order valence-corrected chi connectivity index (χ3v) is 2.19. The van der Waals surface area contributed by atoms with Gasteiger partial charge in [0, 0.05) is 12.2 Å². The smallest absolute Gasteiger partial charge is 0.137 e. The van der Waals surface area contributed by atoms with Crippen molar-refractivity contribution in [3.63, 3.8) is 0 Å². The van der Waals surface area contributed by atoms with Crippen LogP contribution in [0.2, 0.25) is 0 Å². The Kier molecular flexibility index (Phi) is 2.97. The molecule has 1 N–H and O–H groups in total. The number of hydrogen-bond donors (Lipinski definition) is 1. The molecule has 0 atom stereocenters. The maximum absolute atomic E-state index is 4.03. The molecule has 78 valence electrons. The Balaban J connectivity index is 1.81. The van der Waals surface area contributed by atoms with Crippen LogP contribution < -0.4 is 5.32 Å². The van der Waals surface area contributed by atoms with E-state index in [1.165, 1.54) is 5.56 Å². The molecule has 1 aromatic carbocycles. The number of nitrogens with zero attached hydrogens (tertiary/aromatic N) is 3. The second-order valence-corrected chi connectivity index (χ2v) is 3.45. The van der Waals surface area contributed by atoms with E-state index in [0.29, 0.717) is 0 Å². The van der Waals surface area contributed by atoms with Gasteiger partial charge in [0.05, 0.1) is 6.54 Å². The molecule has 1 aromatic heterocycles. The fraction of sp³-hybridized carbons (Fsp3) is 0.273. The fourth-order valence-corrected chi connectivity index (χ4v) is 1.33. The number of aryl methyl sites for hydroxylation is 1. The van der Waals surface area contributed by atoms with Crippen molar-refractivity contribution in [2.45, 2.75) is 13.5 Å². The van der Waals surface area contributed by atoms with E-state index in [2.05, 4.69) is 46.6 Å². The van der Waals surface area contributed by atoms with Crippen LogP contribution in [0, 0.1) is 6.92 Å².